The molecule has 0 unspecified atom stereocenters. The number of hydrogen-bond acceptors (Lipinski definition) is 7. The number of ether oxygens (including phenoxy) is 2. The second kappa shape index (κ2) is 8.32. The van der Waals surface area contributed by atoms with E-state index in [-0.39, 0.29) is 18.5 Å². The molecule has 2 aromatic heterocycles. The Morgan fingerprint density at radius 3 is 2.94 bits per heavy atom. The van der Waals surface area contributed by atoms with Gasteiger partial charge < -0.3 is 13.9 Å². The van der Waals surface area contributed by atoms with Gasteiger partial charge in [0.25, 0.3) is 0 Å². The van der Waals surface area contributed by atoms with Crippen LogP contribution in [0.1, 0.15) is 34.7 Å². The largest absolute Gasteiger partial charge is 0.454 e. The topological polar surface area (TPSA) is 77.7 Å². The Bertz CT molecular complexity index is 1120. The van der Waals surface area contributed by atoms with Crippen molar-refractivity contribution in [2.24, 2.45) is 5.92 Å². The molecular weight excluding hydrogens is 418 g/mol. The van der Waals surface area contributed by atoms with Gasteiger partial charge in [0, 0.05) is 43.0 Å². The molecule has 2 aliphatic heterocycles. The van der Waals surface area contributed by atoms with Gasteiger partial charge in [-0.05, 0) is 44.5 Å². The predicted octanol–water partition coefficient (Wildman–Crippen LogP) is 4.52. The number of Topliss-reactive ketones (excluding diaryl/α,β-unsaturated/α-hetero) is 1. The standard InChI is InChI=1S/C23H22ClN3O4/c1-14-19(26-23(31-14)17-8-20-21(9-18(17)24)30-13-29-20)12-27-7-3-5-16(11-27)22(28)15-4-2-6-25-10-15/h2,4,6,8-10,16H,3,5,7,11-13H2,1H3/t16-/m0/s1. The van der Waals surface area contributed by atoms with E-state index < -0.39 is 0 Å². The highest BCUT2D eigenvalue weighted by Gasteiger charge is 2.28. The number of nitrogens with zero attached hydrogens (tertiary/aromatic N) is 3. The van der Waals surface area contributed by atoms with Crippen LogP contribution >= 0.6 is 11.6 Å². The Hall–Kier alpha value is -2.90. The SMILES string of the molecule is Cc1oc(-c2cc3c(cc2Cl)OCO3)nc1CN1CCC[C@H](C(=O)c2cccnc2)C1. The number of oxazole rings is 1. The van der Waals surface area contributed by atoms with E-state index >= 15 is 0 Å². The summed E-state index contributed by atoms with van der Waals surface area (Å²) < 4.78 is 16.7. The lowest BCUT2D eigenvalue weighted by atomic mass is 9.90. The molecule has 2 aliphatic rings. The number of aryl methyl sites for hydroxylation is 1. The molecule has 0 spiro atoms. The van der Waals surface area contributed by atoms with Crippen LogP contribution in [0.5, 0.6) is 11.5 Å². The molecule has 1 fully saturated rings. The van der Waals surface area contributed by atoms with Gasteiger partial charge in [-0.2, -0.15) is 0 Å². The van der Waals surface area contributed by atoms with Crippen LogP contribution in [0.15, 0.2) is 41.1 Å². The van der Waals surface area contributed by atoms with Crippen molar-refractivity contribution in [2.75, 3.05) is 19.9 Å². The molecule has 0 N–H and O–H groups in total. The molecular formula is C23H22ClN3O4. The van der Waals surface area contributed by atoms with Crippen LogP contribution in [0.2, 0.25) is 5.02 Å². The number of ketones is 1. The smallest absolute Gasteiger partial charge is 0.231 e. The molecule has 160 valence electrons. The summed E-state index contributed by atoms with van der Waals surface area (Å²) in [5.74, 6) is 2.56. The molecule has 1 atom stereocenters. The second-order valence-corrected chi connectivity index (χ2v) is 8.29. The molecule has 8 heteroatoms. The summed E-state index contributed by atoms with van der Waals surface area (Å²) in [5.41, 5.74) is 2.19. The number of hydrogen-bond donors (Lipinski definition) is 0. The van der Waals surface area contributed by atoms with Crippen molar-refractivity contribution in [3.63, 3.8) is 0 Å². The van der Waals surface area contributed by atoms with E-state index in [1.807, 2.05) is 13.0 Å². The zero-order valence-electron chi connectivity index (χ0n) is 17.1. The minimum atomic E-state index is -0.0343. The first-order valence-electron chi connectivity index (χ1n) is 10.3. The first kappa shape index (κ1) is 20.0. The van der Waals surface area contributed by atoms with E-state index in [9.17, 15) is 4.79 Å². The monoisotopic (exact) mass is 439 g/mol. The average molecular weight is 440 g/mol. The molecule has 7 nitrogen and oxygen atoms in total. The van der Waals surface area contributed by atoms with Gasteiger partial charge in [0.15, 0.2) is 17.3 Å². The number of halogens is 1. The van der Waals surface area contributed by atoms with E-state index in [1.54, 1.807) is 30.6 Å². The fourth-order valence-electron chi connectivity index (χ4n) is 4.14. The van der Waals surface area contributed by atoms with E-state index in [0.717, 1.165) is 30.8 Å². The maximum atomic E-state index is 12.8. The van der Waals surface area contributed by atoms with Crippen molar-refractivity contribution < 1.29 is 18.7 Å². The summed E-state index contributed by atoms with van der Waals surface area (Å²) in [6.45, 7) is 4.31. The average Bonchev–Trinajstić information content (AvgIpc) is 3.39. The van der Waals surface area contributed by atoms with E-state index in [1.165, 1.54) is 0 Å². The summed E-state index contributed by atoms with van der Waals surface area (Å²) in [5, 5.41) is 0.497. The van der Waals surface area contributed by atoms with Crippen molar-refractivity contribution in [3.05, 3.63) is 58.7 Å². The van der Waals surface area contributed by atoms with Crippen LogP contribution in [-0.2, 0) is 6.54 Å². The summed E-state index contributed by atoms with van der Waals surface area (Å²) >= 11 is 6.42. The maximum absolute atomic E-state index is 12.8. The highest BCUT2D eigenvalue weighted by Crippen LogP contribution is 2.41. The van der Waals surface area contributed by atoms with Gasteiger partial charge in [-0.25, -0.2) is 4.98 Å². The van der Waals surface area contributed by atoms with Gasteiger partial charge in [-0.15, -0.1) is 0 Å². The van der Waals surface area contributed by atoms with E-state index in [0.29, 0.717) is 46.6 Å². The van der Waals surface area contributed by atoms with Crippen molar-refractivity contribution in [2.45, 2.75) is 26.3 Å². The number of pyridine rings is 1. The fraction of sp³-hybridized carbons (Fsp3) is 0.348. The van der Waals surface area contributed by atoms with Crippen LogP contribution in [-0.4, -0.2) is 40.5 Å². The Kier molecular flexibility index (Phi) is 5.38. The summed E-state index contributed by atoms with van der Waals surface area (Å²) in [6.07, 6.45) is 5.18. The van der Waals surface area contributed by atoms with Gasteiger partial charge in [-0.1, -0.05) is 11.6 Å². The molecule has 3 aromatic rings. The minimum Gasteiger partial charge on any atom is -0.454 e. The molecule has 4 heterocycles. The molecule has 1 saturated heterocycles. The van der Waals surface area contributed by atoms with Crippen LogP contribution in [0.4, 0.5) is 0 Å². The molecule has 0 radical (unpaired) electrons. The highest BCUT2D eigenvalue weighted by atomic mass is 35.5. The zero-order chi connectivity index (χ0) is 21.4. The van der Waals surface area contributed by atoms with Crippen molar-refractivity contribution >= 4 is 17.4 Å². The number of carbonyl (C=O) groups is 1. The fourth-order valence-corrected chi connectivity index (χ4v) is 4.37. The summed E-state index contributed by atoms with van der Waals surface area (Å²) in [7, 11) is 0. The number of benzene rings is 1. The Labute approximate surface area is 185 Å². The van der Waals surface area contributed by atoms with E-state index in [4.69, 9.17) is 30.5 Å². The first-order chi connectivity index (χ1) is 15.1. The predicted molar refractivity (Wildman–Crippen MR) is 114 cm³/mol. The Balaban J connectivity index is 1.32. The quantitative estimate of drug-likeness (QED) is 0.541. The summed E-state index contributed by atoms with van der Waals surface area (Å²) in [6, 6.07) is 7.15. The number of likely N-dealkylation sites (tertiary alicyclic amines) is 1. The molecule has 0 bridgehead atoms. The third-order valence-electron chi connectivity index (χ3n) is 5.78. The van der Waals surface area contributed by atoms with Gasteiger partial charge in [-0.3, -0.25) is 14.7 Å². The van der Waals surface area contributed by atoms with Crippen molar-refractivity contribution in [1.29, 1.82) is 0 Å². The number of piperidine rings is 1. The number of fused-ring (bicyclic) bond motifs is 1. The number of carbonyl (C=O) groups excluding carboxylic acids is 1. The normalized spacial score (nSPS) is 18.3. The highest BCUT2D eigenvalue weighted by molar-refractivity contribution is 6.33. The molecule has 31 heavy (non-hydrogen) atoms. The van der Waals surface area contributed by atoms with Gasteiger partial charge >= 0.3 is 0 Å². The van der Waals surface area contributed by atoms with Crippen LogP contribution < -0.4 is 9.47 Å². The van der Waals surface area contributed by atoms with Gasteiger partial charge in [0.2, 0.25) is 12.7 Å². The van der Waals surface area contributed by atoms with Crippen LogP contribution in [0.3, 0.4) is 0 Å². The van der Waals surface area contributed by atoms with Gasteiger partial charge in [0.05, 0.1) is 16.3 Å². The van der Waals surface area contributed by atoms with E-state index in [2.05, 4.69) is 9.88 Å². The number of aromatic nitrogens is 2. The lowest BCUT2D eigenvalue weighted by Crippen LogP contribution is -2.38. The van der Waals surface area contributed by atoms with Crippen LogP contribution in [0, 0.1) is 12.8 Å². The zero-order valence-corrected chi connectivity index (χ0v) is 17.9. The molecule has 0 saturated carbocycles. The molecule has 0 aliphatic carbocycles. The third-order valence-corrected chi connectivity index (χ3v) is 6.09. The van der Waals surface area contributed by atoms with Gasteiger partial charge in [0.1, 0.15) is 5.76 Å². The second-order valence-electron chi connectivity index (χ2n) is 7.89. The summed E-state index contributed by atoms with van der Waals surface area (Å²) in [4.78, 5) is 23.9. The lowest BCUT2D eigenvalue weighted by Gasteiger charge is -2.31. The molecule has 5 rings (SSSR count). The van der Waals surface area contributed by atoms with Crippen molar-refractivity contribution in [3.8, 4) is 23.0 Å². The van der Waals surface area contributed by atoms with Crippen LogP contribution in [0.25, 0.3) is 11.5 Å². The molecule has 0 amide bonds. The minimum absolute atomic E-state index is 0.0343. The first-order valence-corrected chi connectivity index (χ1v) is 10.7. The Morgan fingerprint density at radius 2 is 2.13 bits per heavy atom. The molecule has 1 aromatic carbocycles. The maximum Gasteiger partial charge on any atom is 0.231 e. The third kappa shape index (κ3) is 4.03. The number of rotatable bonds is 5. The van der Waals surface area contributed by atoms with Crippen molar-refractivity contribution in [1.82, 2.24) is 14.9 Å². The lowest BCUT2D eigenvalue weighted by molar-refractivity contribution is 0.0809. The Morgan fingerprint density at radius 1 is 1.29 bits per heavy atom.